The van der Waals surface area contributed by atoms with Gasteiger partial charge in [-0.2, -0.15) is 153 Å². The van der Waals surface area contributed by atoms with Gasteiger partial charge in [-0.05, 0) is 79.3 Å². The van der Waals surface area contributed by atoms with Crippen LogP contribution < -0.4 is 52.8 Å². The Hall–Kier alpha value is -13.3. The SMILES string of the molecule is CC(=N)NC(=O)NCc1ccc(OS(=O)(=O)C(F)(F)F)nc1.Cc1nc(C)n(Cc2cnc(C(F)(F)F)s2)c(=O)n1.Cc1ncn(Cc2ccc(OS(=O)(=O)C(F)(F)F)nc2)c(=O)n1.NCc1ccc(OS(=O)(=O)C(F)(F)F)nc1.O=C1c2ccccc2C(=O)N1Cc1ccc(OS(=O)(=O)C(F)(F)F)nc1.O=S(=O)(Oc1ccc(CCl)cn1)C(F)(F)F.O=S(=O)(Oc1ccc(CO)cn1)C(F)(F)F. The number of aromatic nitrogens is 13. The number of hydrogen-bond donors (Lipinski definition) is 5. The molecule has 42 nitrogen and oxygen atoms in total. The predicted molar refractivity (Wildman–Crippen MR) is 424 cm³/mol. The number of fused-ring (bicyclic) bond motifs is 1. The lowest BCUT2D eigenvalue weighted by molar-refractivity contribution is -0.137. The summed E-state index contributed by atoms with van der Waals surface area (Å²) in [7, 11) is -34.4. The van der Waals surface area contributed by atoms with E-state index in [-0.39, 0.29) is 62.2 Å². The molecule has 10 aromatic rings. The molecule has 6 N–H and O–H groups in total. The van der Waals surface area contributed by atoms with Crippen LogP contribution in [-0.4, -0.2) is 181 Å². The van der Waals surface area contributed by atoms with Crippen LogP contribution in [-0.2, 0) is 112 Å². The number of nitrogens with one attached hydrogen (secondary N) is 3. The van der Waals surface area contributed by atoms with Crippen LogP contribution in [0.4, 0.5) is 97.0 Å². The van der Waals surface area contributed by atoms with Gasteiger partial charge in [0, 0.05) is 104 Å². The molecular weight excluding hydrogens is 2100 g/mol. The van der Waals surface area contributed by atoms with E-state index in [1.807, 2.05) is 0 Å². The lowest BCUT2D eigenvalue weighted by atomic mass is 10.1. The number of rotatable bonds is 23. The molecule has 0 saturated carbocycles. The highest BCUT2D eigenvalue weighted by Gasteiger charge is 2.53. The average molecular weight is 2160 g/mol. The van der Waals surface area contributed by atoms with Crippen molar-refractivity contribution in [3.8, 4) is 35.3 Å². The van der Waals surface area contributed by atoms with Crippen molar-refractivity contribution in [3.63, 3.8) is 0 Å². The molecule has 0 unspecified atom stereocenters. The van der Waals surface area contributed by atoms with Gasteiger partial charge in [0.2, 0.25) is 35.3 Å². The second-order valence-corrected chi connectivity index (χ2v) is 35.8. The Labute approximate surface area is 768 Å². The first-order chi connectivity index (χ1) is 63.2. The fourth-order valence-corrected chi connectivity index (χ4v) is 11.9. The number of nitrogens with zero attached hydrogens (tertiary/aromatic N) is 14. The van der Waals surface area contributed by atoms with Gasteiger partial charge in [-0.25, -0.2) is 59.2 Å². The van der Waals surface area contributed by atoms with Crippen molar-refractivity contribution in [1.82, 2.24) is 79.5 Å². The van der Waals surface area contributed by atoms with Crippen LogP contribution in [0.5, 0.6) is 35.3 Å². The van der Waals surface area contributed by atoms with Gasteiger partial charge in [-0.3, -0.25) is 34.3 Å². The maximum absolute atomic E-state index is 12.4. The smallest absolute Gasteiger partial charge is 0.392 e. The van der Waals surface area contributed by atoms with Gasteiger partial charge < -0.3 is 41.3 Å². The number of amidine groups is 1. The maximum atomic E-state index is 12.4. The first-order valence-electron chi connectivity index (χ1n) is 35.3. The second kappa shape index (κ2) is 46.7. The zero-order valence-corrected chi connectivity index (χ0v) is 74.6. The van der Waals surface area contributed by atoms with Gasteiger partial charge in [0.05, 0.1) is 43.2 Å². The van der Waals surface area contributed by atoms with E-state index in [9.17, 15) is 167 Å². The Bertz CT molecular complexity index is 6540. The molecule has 0 saturated heterocycles. The normalized spacial score (nSPS) is 12.6. The summed E-state index contributed by atoms with van der Waals surface area (Å²) < 4.78 is 407. The molecule has 1 aliphatic rings. The molecule has 0 atom stereocenters. The van der Waals surface area contributed by atoms with Crippen LogP contribution in [0.1, 0.15) is 88.4 Å². The molecule has 10 heterocycles. The number of aryl methyl sites for hydroxylation is 3. The number of pyridine rings is 6. The van der Waals surface area contributed by atoms with Gasteiger partial charge in [0.1, 0.15) is 23.8 Å². The van der Waals surface area contributed by atoms with E-state index in [0.717, 1.165) is 89.2 Å². The summed E-state index contributed by atoms with van der Waals surface area (Å²) in [5, 5.41) is 19.2. The van der Waals surface area contributed by atoms with E-state index < -0.39 is 169 Å². The van der Waals surface area contributed by atoms with Gasteiger partial charge >= 0.3 is 117 Å². The number of carbonyl (C=O) groups is 3. The van der Waals surface area contributed by atoms with E-state index in [2.05, 4.69) is 90.6 Å². The number of thiazole rings is 1. The third-order valence-electron chi connectivity index (χ3n) is 14.8. The van der Waals surface area contributed by atoms with Crippen molar-refractivity contribution in [3.05, 3.63) is 240 Å². The summed E-state index contributed by atoms with van der Waals surface area (Å²) in [5.41, 5.74) is -26.0. The quantitative estimate of drug-likeness (QED) is 0.00757. The number of hydrogen-bond acceptors (Lipinski definition) is 38. The number of alkyl halides is 22. The van der Waals surface area contributed by atoms with Crippen molar-refractivity contribution in [2.75, 3.05) is 0 Å². The molecule has 4 amide bonds. The minimum Gasteiger partial charge on any atom is -0.392 e. The molecule has 0 fully saturated rings. The molecule has 9 aromatic heterocycles. The molecule has 1 aromatic carbocycles. The topological polar surface area (TPSA) is 595 Å². The molecule has 0 bridgehead atoms. The van der Waals surface area contributed by atoms with Gasteiger partial charge in [0.25, 0.3) is 11.8 Å². The molecule has 138 heavy (non-hydrogen) atoms. The number of aliphatic hydroxyl groups is 1. The van der Waals surface area contributed by atoms with Crippen molar-refractivity contribution in [2.45, 2.75) is 112 Å². The van der Waals surface area contributed by atoms with Gasteiger partial charge in [-0.1, -0.05) is 42.5 Å². The Kier molecular flexibility index (Phi) is 39.0. The van der Waals surface area contributed by atoms with Crippen LogP contribution in [0.15, 0.2) is 156 Å². The highest BCUT2D eigenvalue weighted by Crippen LogP contribution is 2.35. The number of amides is 4. The number of benzene rings is 1. The van der Waals surface area contributed by atoms with Crippen molar-refractivity contribution in [1.29, 1.82) is 5.41 Å². The number of urea groups is 1. The molecule has 0 aliphatic carbocycles. The monoisotopic (exact) mass is 2150 g/mol. The Morgan fingerprint density at radius 1 is 0.435 bits per heavy atom. The molecule has 71 heteroatoms. The molecule has 0 radical (unpaired) electrons. The van der Waals surface area contributed by atoms with Crippen molar-refractivity contribution in [2.24, 2.45) is 5.73 Å². The Morgan fingerprint density at radius 2 is 0.768 bits per heavy atom. The van der Waals surface area contributed by atoms with Crippen LogP contribution in [0, 0.1) is 26.2 Å². The largest absolute Gasteiger partial charge is 0.534 e. The number of halogens is 22. The standard InChI is InChI=1S/C15H9F3N2O5S.C11H9F3N4O4S.C10H11F3N4O4S.C10H9F3N4OS.C7H5ClF3NO3S.C7H7F3N2O3S.C7H6F3NO4S/c16-15(17,18)26(23,24)25-12-6-5-9(7-19-12)8-20-13(21)10-3-1-2-4-11(10)14(20)22;1-7-16-6-18(10(19)17-7)5-8-2-3-9(15-4-8)22-23(20,21)11(12,13)14;1-6(14)17-9(18)16-5-7-2-3-8(15-4-7)21-22(19,20)10(11,12)13;1-5-15-6(2)17(9(18)16-5)4-7-3-14-8(19-7)10(11,12)13;8-3-5-1-2-6(12-4-5)15-16(13,14)7(9,10)11;8-7(9,10)16(13,14)15-6-2-1-5(3-11)4-12-6;8-7(9,10)16(13,14)15-6-2-1-5(4-12)3-11-6/h1-7H,8H2;2-4,6H,5H2,1H3;2-4H,5H2,1H3,(H3,14,16,17,18);3H,4H2,1-2H3;1-2,4H,3H2;1-2,4H,3,11H2;1-3,12H,4H2. The molecule has 1 aliphatic heterocycles. The predicted octanol–water partition coefficient (Wildman–Crippen LogP) is 9.23. The zero-order valence-electron chi connectivity index (χ0n) is 68.2. The third kappa shape index (κ3) is 34.7. The molecule has 11 rings (SSSR count). The summed E-state index contributed by atoms with van der Waals surface area (Å²) >= 11 is 5.91. The van der Waals surface area contributed by atoms with E-state index in [4.69, 9.17) is 27.9 Å². The lowest BCUT2D eigenvalue weighted by Gasteiger charge is -2.14. The fourth-order valence-electron chi connectivity index (χ4n) is 8.51. The van der Waals surface area contributed by atoms with Gasteiger partial charge in [-0.15, -0.1) is 22.9 Å². The van der Waals surface area contributed by atoms with E-state index >= 15 is 0 Å². The third-order valence-corrected chi connectivity index (χ3v) is 21.8. The summed E-state index contributed by atoms with van der Waals surface area (Å²) in [6, 6.07) is 18.8. The summed E-state index contributed by atoms with van der Waals surface area (Å²) in [4.78, 5) is 98.9. The van der Waals surface area contributed by atoms with Crippen molar-refractivity contribution < 1.29 is 187 Å². The zero-order chi connectivity index (χ0) is 105. The maximum Gasteiger partial charge on any atom is 0.534 e. The van der Waals surface area contributed by atoms with E-state index in [1.54, 1.807) is 32.9 Å². The number of aliphatic hydroxyl groups excluding tert-OH is 1. The van der Waals surface area contributed by atoms with Crippen LogP contribution >= 0.6 is 22.9 Å². The minimum atomic E-state index is -5.82. The number of nitrogens with two attached hydrogens (primary N) is 1. The van der Waals surface area contributed by atoms with Crippen LogP contribution in [0.3, 0.4) is 0 Å². The molecule has 0 spiro atoms. The van der Waals surface area contributed by atoms with Crippen molar-refractivity contribution >= 4 is 107 Å². The van der Waals surface area contributed by atoms with Crippen LogP contribution in [0.2, 0.25) is 0 Å². The van der Waals surface area contributed by atoms with E-state index in [1.165, 1.54) is 66.3 Å². The summed E-state index contributed by atoms with van der Waals surface area (Å²) in [5.74, 6) is -4.25. The molecule has 754 valence electrons. The summed E-state index contributed by atoms with van der Waals surface area (Å²) in [6.07, 6.45) is 4.28. The lowest BCUT2D eigenvalue weighted by Crippen LogP contribution is -2.37. The van der Waals surface area contributed by atoms with E-state index in [0.29, 0.717) is 67.1 Å². The Morgan fingerprint density at radius 3 is 1.07 bits per heavy atom. The number of imide groups is 1. The first kappa shape index (κ1) is 115. The second-order valence-electron chi connectivity index (χ2n) is 25.2. The number of carbonyl (C=O) groups excluding carboxylic acids is 3. The first-order valence-corrected chi connectivity index (χ1v) is 45.1. The van der Waals surface area contributed by atoms with Gasteiger partial charge in [0.15, 0.2) is 5.01 Å². The summed E-state index contributed by atoms with van der Waals surface area (Å²) in [6.45, 7) is 5.64. The average Bonchev–Trinajstić information content (AvgIpc) is 1.62. The van der Waals surface area contributed by atoms with Crippen LogP contribution in [0.25, 0.3) is 0 Å². The molecular formula is C67H56ClF21N18O24S7. The Balaban J connectivity index is 0.000000286. The highest BCUT2D eigenvalue weighted by atomic mass is 35.5. The fraction of sp³-hybridized carbons (Fsp3) is 0.269. The minimum absolute atomic E-state index is 0.0123. The highest BCUT2D eigenvalue weighted by molar-refractivity contribution is 7.89.